The van der Waals surface area contributed by atoms with Crippen LogP contribution in [0, 0.1) is 0 Å². The number of nitrogens with zero attached hydrogens (tertiary/aromatic N) is 2. The maximum atomic E-state index is 13.7. The van der Waals surface area contributed by atoms with Gasteiger partial charge in [-0.2, -0.15) is 0 Å². The summed E-state index contributed by atoms with van der Waals surface area (Å²) in [4.78, 5) is 28.3. The molecule has 0 bridgehead atoms. The Morgan fingerprint density at radius 3 is 2.16 bits per heavy atom. The van der Waals surface area contributed by atoms with Crippen molar-refractivity contribution in [2.45, 2.75) is 52.1 Å². The van der Waals surface area contributed by atoms with Crippen molar-refractivity contribution in [1.82, 2.24) is 10.2 Å². The van der Waals surface area contributed by atoms with E-state index in [4.69, 9.17) is 9.47 Å². The molecule has 0 radical (unpaired) electrons. The predicted molar refractivity (Wildman–Crippen MR) is 146 cm³/mol. The second-order valence-corrected chi connectivity index (χ2v) is 10.8. The van der Waals surface area contributed by atoms with E-state index in [0.717, 1.165) is 22.5 Å². The molecule has 10 heteroatoms. The van der Waals surface area contributed by atoms with E-state index < -0.39 is 28.5 Å². The summed E-state index contributed by atoms with van der Waals surface area (Å²) >= 11 is 0. The number of carbonyl (C=O) groups excluding carboxylic acids is 2. The van der Waals surface area contributed by atoms with Gasteiger partial charge in [0.25, 0.3) is 0 Å². The maximum absolute atomic E-state index is 13.7. The lowest BCUT2D eigenvalue weighted by molar-refractivity contribution is -0.139. The molecule has 0 spiro atoms. The van der Waals surface area contributed by atoms with Crippen molar-refractivity contribution >= 4 is 27.5 Å². The molecule has 204 valence electrons. The largest absolute Gasteiger partial charge is 0.493 e. The highest BCUT2D eigenvalue weighted by Gasteiger charge is 2.32. The average molecular weight is 534 g/mol. The van der Waals surface area contributed by atoms with Crippen molar-refractivity contribution in [1.29, 1.82) is 0 Å². The number of carbonyl (C=O) groups is 2. The van der Waals surface area contributed by atoms with Gasteiger partial charge < -0.3 is 19.7 Å². The molecule has 2 aromatic carbocycles. The van der Waals surface area contributed by atoms with Crippen LogP contribution in [0.3, 0.4) is 0 Å². The first-order chi connectivity index (χ1) is 17.5. The lowest BCUT2D eigenvalue weighted by Crippen LogP contribution is -2.54. The van der Waals surface area contributed by atoms with Gasteiger partial charge in [0.2, 0.25) is 21.8 Å². The van der Waals surface area contributed by atoms with Crippen LogP contribution in [0.5, 0.6) is 11.5 Å². The van der Waals surface area contributed by atoms with Crippen LogP contribution in [0.1, 0.15) is 39.2 Å². The molecule has 0 fully saturated rings. The van der Waals surface area contributed by atoms with Crippen molar-refractivity contribution < 1.29 is 27.5 Å². The van der Waals surface area contributed by atoms with Gasteiger partial charge in [-0.1, -0.05) is 44.2 Å². The van der Waals surface area contributed by atoms with Gasteiger partial charge in [0.05, 0.1) is 26.2 Å². The highest BCUT2D eigenvalue weighted by atomic mass is 32.2. The van der Waals surface area contributed by atoms with E-state index in [-0.39, 0.29) is 24.2 Å². The van der Waals surface area contributed by atoms with Gasteiger partial charge >= 0.3 is 0 Å². The number of rotatable bonds is 14. The van der Waals surface area contributed by atoms with Gasteiger partial charge in [-0.25, -0.2) is 8.42 Å². The first kappa shape index (κ1) is 30.0. The topological polar surface area (TPSA) is 105 Å². The first-order valence-corrected chi connectivity index (χ1v) is 14.2. The summed E-state index contributed by atoms with van der Waals surface area (Å²) in [5, 5.41) is 2.96. The number of nitrogens with one attached hydrogen (secondary N) is 1. The lowest BCUT2D eigenvalue weighted by atomic mass is 10.1. The molecule has 0 heterocycles. The van der Waals surface area contributed by atoms with E-state index in [9.17, 15) is 18.0 Å². The van der Waals surface area contributed by atoms with Crippen molar-refractivity contribution in [2.75, 3.05) is 37.9 Å². The molecule has 0 aromatic heterocycles. The first-order valence-electron chi connectivity index (χ1n) is 12.4. The molecule has 2 amide bonds. The van der Waals surface area contributed by atoms with Crippen LogP contribution in [0.4, 0.5) is 5.69 Å². The number of hydrogen-bond donors (Lipinski definition) is 1. The second kappa shape index (κ2) is 13.9. The van der Waals surface area contributed by atoms with Gasteiger partial charge in [-0.3, -0.25) is 13.9 Å². The van der Waals surface area contributed by atoms with Crippen LogP contribution >= 0.6 is 0 Å². The SMILES string of the molecule is CC[C@@H](C)NC(=O)[C@H](CC)N(CCc1ccccc1)C(=O)CN(c1ccc(OC)c(OC)c1)S(C)(=O)=O. The minimum Gasteiger partial charge on any atom is -0.493 e. The molecule has 0 aliphatic rings. The van der Waals surface area contributed by atoms with E-state index in [2.05, 4.69) is 5.32 Å². The molecule has 9 nitrogen and oxygen atoms in total. The quantitative estimate of drug-likeness (QED) is 0.400. The van der Waals surface area contributed by atoms with E-state index in [0.29, 0.717) is 24.3 Å². The Bertz CT molecular complexity index is 1140. The molecule has 2 aromatic rings. The van der Waals surface area contributed by atoms with Crippen molar-refractivity contribution in [2.24, 2.45) is 0 Å². The zero-order valence-electron chi connectivity index (χ0n) is 22.6. The predicted octanol–water partition coefficient (Wildman–Crippen LogP) is 3.23. The highest BCUT2D eigenvalue weighted by Crippen LogP contribution is 2.32. The fourth-order valence-corrected chi connectivity index (χ4v) is 4.77. The molecule has 0 saturated heterocycles. The maximum Gasteiger partial charge on any atom is 0.244 e. The summed E-state index contributed by atoms with van der Waals surface area (Å²) in [5.74, 6) is 0.0438. The minimum atomic E-state index is -3.84. The molecule has 37 heavy (non-hydrogen) atoms. The van der Waals surface area contributed by atoms with Gasteiger partial charge in [0.15, 0.2) is 11.5 Å². The molecule has 2 atom stereocenters. The molecule has 2 rings (SSSR count). The number of sulfonamides is 1. The molecule has 0 aliphatic heterocycles. The third-order valence-corrected chi connectivity index (χ3v) is 7.35. The normalized spacial score (nSPS) is 12.8. The highest BCUT2D eigenvalue weighted by molar-refractivity contribution is 7.92. The fourth-order valence-electron chi connectivity index (χ4n) is 3.93. The standard InChI is InChI=1S/C27H39N3O6S/c1-7-20(3)28-27(32)23(8-2)29(17-16-21-12-10-9-11-13-21)26(31)19-30(37(6,33)34)22-14-15-24(35-4)25(18-22)36-5/h9-15,18,20,23H,7-8,16-17,19H2,1-6H3,(H,28,32)/t20-,23+/m1/s1. The number of benzene rings is 2. The average Bonchev–Trinajstić information content (AvgIpc) is 2.88. The monoisotopic (exact) mass is 533 g/mol. The molecular weight excluding hydrogens is 494 g/mol. The van der Waals surface area contributed by atoms with Crippen LogP contribution in [-0.4, -0.2) is 70.8 Å². The smallest absolute Gasteiger partial charge is 0.244 e. The van der Waals surface area contributed by atoms with Crippen molar-refractivity contribution in [3.05, 3.63) is 54.1 Å². The second-order valence-electron chi connectivity index (χ2n) is 8.87. The van der Waals surface area contributed by atoms with Crippen molar-refractivity contribution in [3.63, 3.8) is 0 Å². The Kier molecular flexibility index (Phi) is 11.2. The molecular formula is C27H39N3O6S. The third-order valence-electron chi connectivity index (χ3n) is 6.21. The Morgan fingerprint density at radius 2 is 1.62 bits per heavy atom. The van der Waals surface area contributed by atoms with E-state index >= 15 is 0 Å². The van der Waals surface area contributed by atoms with Crippen LogP contribution in [-0.2, 0) is 26.0 Å². The Balaban J connectivity index is 2.41. The van der Waals surface area contributed by atoms with Crippen LogP contribution in [0.15, 0.2) is 48.5 Å². The van der Waals surface area contributed by atoms with E-state index in [1.807, 2.05) is 51.1 Å². The van der Waals surface area contributed by atoms with Gasteiger partial charge in [-0.05, 0) is 43.9 Å². The molecule has 1 N–H and O–H groups in total. The third kappa shape index (κ3) is 8.38. The Hall–Kier alpha value is -3.27. The summed E-state index contributed by atoms with van der Waals surface area (Å²) in [7, 11) is -0.914. The Morgan fingerprint density at radius 1 is 0.973 bits per heavy atom. The summed E-state index contributed by atoms with van der Waals surface area (Å²) in [6.07, 6.45) is 2.70. The molecule has 0 saturated carbocycles. The van der Waals surface area contributed by atoms with E-state index in [1.165, 1.54) is 25.2 Å². The lowest BCUT2D eigenvalue weighted by Gasteiger charge is -2.33. The number of anilines is 1. The Labute approximate surface area is 220 Å². The fraction of sp³-hybridized carbons (Fsp3) is 0.481. The van der Waals surface area contributed by atoms with Crippen LogP contribution in [0.2, 0.25) is 0 Å². The van der Waals surface area contributed by atoms with Crippen LogP contribution in [0.25, 0.3) is 0 Å². The number of methoxy groups -OCH3 is 2. The molecule has 0 aliphatic carbocycles. The number of ether oxygens (including phenoxy) is 2. The molecule has 0 unspecified atom stereocenters. The summed E-state index contributed by atoms with van der Waals surface area (Å²) in [5.41, 5.74) is 1.27. The summed E-state index contributed by atoms with van der Waals surface area (Å²) < 4.78 is 37.2. The zero-order valence-corrected chi connectivity index (χ0v) is 23.4. The van der Waals surface area contributed by atoms with Gasteiger partial charge in [-0.15, -0.1) is 0 Å². The number of amides is 2. The number of hydrogen-bond acceptors (Lipinski definition) is 6. The van der Waals surface area contributed by atoms with E-state index in [1.54, 1.807) is 12.1 Å². The van der Waals surface area contributed by atoms with Gasteiger partial charge in [0, 0.05) is 18.7 Å². The van der Waals surface area contributed by atoms with Crippen LogP contribution < -0.4 is 19.1 Å². The summed E-state index contributed by atoms with van der Waals surface area (Å²) in [6.45, 7) is 5.52. The van der Waals surface area contributed by atoms with Crippen molar-refractivity contribution in [3.8, 4) is 11.5 Å². The minimum absolute atomic E-state index is 0.0492. The summed E-state index contributed by atoms with van der Waals surface area (Å²) in [6, 6.07) is 13.5. The zero-order chi connectivity index (χ0) is 27.6. The van der Waals surface area contributed by atoms with Gasteiger partial charge in [0.1, 0.15) is 12.6 Å².